The summed E-state index contributed by atoms with van der Waals surface area (Å²) in [5.41, 5.74) is 5.46. The molecule has 1 amide bonds. The van der Waals surface area contributed by atoms with Crippen LogP contribution in [-0.4, -0.2) is 55.1 Å². The number of aromatic amines is 1. The summed E-state index contributed by atoms with van der Waals surface area (Å²) in [6.45, 7) is 5.85. The third kappa shape index (κ3) is 4.29. The molecule has 0 saturated carbocycles. The molecule has 3 heterocycles. The van der Waals surface area contributed by atoms with Crippen LogP contribution < -0.4 is 21.3 Å². The average molecular weight is 422 g/mol. The van der Waals surface area contributed by atoms with E-state index in [1.54, 1.807) is 0 Å². The van der Waals surface area contributed by atoms with Gasteiger partial charge in [0.15, 0.2) is 5.58 Å². The SMILES string of the molecule is O=C1Cc2ccc(NCCCCN3CCN(c4cccc5[nH]c(=O)oc45)CC3)cc2N1. The van der Waals surface area contributed by atoms with Crippen molar-refractivity contribution in [2.24, 2.45) is 0 Å². The highest BCUT2D eigenvalue weighted by Crippen LogP contribution is 2.27. The maximum atomic E-state index is 11.5. The number of amides is 1. The van der Waals surface area contributed by atoms with Gasteiger partial charge in [-0.15, -0.1) is 0 Å². The van der Waals surface area contributed by atoms with Crippen LogP contribution in [0.1, 0.15) is 18.4 Å². The first kappa shape index (κ1) is 19.7. The van der Waals surface area contributed by atoms with Gasteiger partial charge in [0, 0.05) is 44.1 Å². The molecule has 0 aliphatic carbocycles. The molecule has 3 aromatic rings. The summed E-state index contributed by atoms with van der Waals surface area (Å²) in [5.74, 6) is -0.332. The predicted octanol–water partition coefficient (Wildman–Crippen LogP) is 2.63. The molecule has 8 nitrogen and oxygen atoms in total. The van der Waals surface area contributed by atoms with E-state index in [1.807, 2.05) is 36.4 Å². The Morgan fingerprint density at radius 2 is 1.90 bits per heavy atom. The van der Waals surface area contributed by atoms with E-state index >= 15 is 0 Å². The van der Waals surface area contributed by atoms with Gasteiger partial charge >= 0.3 is 5.76 Å². The second-order valence-corrected chi connectivity index (χ2v) is 8.23. The number of nitrogens with one attached hydrogen (secondary N) is 3. The number of benzene rings is 2. The molecule has 162 valence electrons. The summed E-state index contributed by atoms with van der Waals surface area (Å²) in [7, 11) is 0. The zero-order valence-electron chi connectivity index (χ0n) is 17.4. The summed E-state index contributed by atoms with van der Waals surface area (Å²) >= 11 is 0. The molecule has 2 aliphatic heterocycles. The van der Waals surface area contributed by atoms with Crippen molar-refractivity contribution >= 4 is 34.1 Å². The highest BCUT2D eigenvalue weighted by atomic mass is 16.4. The highest BCUT2D eigenvalue weighted by Gasteiger charge is 2.20. The van der Waals surface area contributed by atoms with Crippen LogP contribution in [0.4, 0.5) is 17.1 Å². The number of H-pyrrole nitrogens is 1. The van der Waals surface area contributed by atoms with Crippen molar-refractivity contribution in [3.8, 4) is 0 Å². The van der Waals surface area contributed by atoms with Crippen LogP contribution in [0.3, 0.4) is 0 Å². The first-order valence-electron chi connectivity index (χ1n) is 10.9. The van der Waals surface area contributed by atoms with Crippen molar-refractivity contribution in [1.82, 2.24) is 9.88 Å². The van der Waals surface area contributed by atoms with Gasteiger partial charge in [-0.05, 0) is 49.2 Å². The summed E-state index contributed by atoms with van der Waals surface area (Å²) in [6, 6.07) is 11.9. The normalized spacial score (nSPS) is 16.5. The number of para-hydroxylation sites is 1. The summed E-state index contributed by atoms with van der Waals surface area (Å²) in [5, 5.41) is 6.35. The minimum Gasteiger partial charge on any atom is -0.406 e. The van der Waals surface area contributed by atoms with Crippen LogP contribution in [0.2, 0.25) is 0 Å². The number of anilines is 3. The Balaban J connectivity index is 1.05. The first-order valence-corrected chi connectivity index (χ1v) is 10.9. The van der Waals surface area contributed by atoms with Crippen molar-refractivity contribution in [2.45, 2.75) is 19.3 Å². The van der Waals surface area contributed by atoms with Crippen molar-refractivity contribution in [1.29, 1.82) is 0 Å². The van der Waals surface area contributed by atoms with Gasteiger partial charge in [0.25, 0.3) is 0 Å². The topological polar surface area (TPSA) is 93.6 Å². The van der Waals surface area contributed by atoms with Crippen LogP contribution in [-0.2, 0) is 11.2 Å². The molecule has 2 aliphatic rings. The molecular formula is C23H27N5O3. The number of hydrogen-bond donors (Lipinski definition) is 3. The van der Waals surface area contributed by atoms with Crippen LogP contribution >= 0.6 is 0 Å². The number of fused-ring (bicyclic) bond motifs is 2. The van der Waals surface area contributed by atoms with Crippen LogP contribution in [0, 0.1) is 0 Å². The lowest BCUT2D eigenvalue weighted by molar-refractivity contribution is -0.115. The minimum atomic E-state index is -0.403. The molecule has 5 rings (SSSR count). The van der Waals surface area contributed by atoms with E-state index < -0.39 is 5.76 Å². The number of unbranched alkanes of at least 4 members (excludes halogenated alkanes) is 1. The largest absolute Gasteiger partial charge is 0.417 e. The van der Waals surface area contributed by atoms with Gasteiger partial charge in [-0.25, -0.2) is 4.79 Å². The van der Waals surface area contributed by atoms with Gasteiger partial charge in [-0.2, -0.15) is 0 Å². The lowest BCUT2D eigenvalue weighted by Gasteiger charge is -2.36. The number of piperazine rings is 1. The Morgan fingerprint density at radius 3 is 2.77 bits per heavy atom. The van der Waals surface area contributed by atoms with E-state index in [0.29, 0.717) is 12.0 Å². The molecule has 8 heteroatoms. The summed E-state index contributed by atoms with van der Waals surface area (Å²) in [4.78, 5) is 30.5. The third-order valence-corrected chi connectivity index (χ3v) is 6.10. The van der Waals surface area contributed by atoms with Gasteiger partial charge in [-0.1, -0.05) is 12.1 Å². The lowest BCUT2D eigenvalue weighted by Crippen LogP contribution is -2.46. The fourth-order valence-corrected chi connectivity index (χ4v) is 4.44. The van der Waals surface area contributed by atoms with E-state index in [9.17, 15) is 9.59 Å². The second-order valence-electron chi connectivity index (χ2n) is 8.23. The zero-order chi connectivity index (χ0) is 21.2. The van der Waals surface area contributed by atoms with Gasteiger partial charge in [-0.3, -0.25) is 14.7 Å². The Labute approximate surface area is 180 Å². The molecule has 0 radical (unpaired) electrons. The quantitative estimate of drug-likeness (QED) is 0.508. The molecule has 0 bridgehead atoms. The number of carbonyl (C=O) groups excluding carboxylic acids is 1. The molecule has 1 fully saturated rings. The maximum absolute atomic E-state index is 11.5. The van der Waals surface area contributed by atoms with Crippen molar-refractivity contribution < 1.29 is 9.21 Å². The zero-order valence-corrected chi connectivity index (χ0v) is 17.4. The molecular weight excluding hydrogens is 394 g/mol. The number of carbonyl (C=O) groups is 1. The van der Waals surface area contributed by atoms with Crippen LogP contribution in [0.15, 0.2) is 45.6 Å². The van der Waals surface area contributed by atoms with Crippen LogP contribution in [0.25, 0.3) is 11.1 Å². The Bertz CT molecular complexity index is 1140. The summed E-state index contributed by atoms with van der Waals surface area (Å²) in [6.07, 6.45) is 2.71. The molecule has 1 aromatic heterocycles. The number of oxazole rings is 1. The molecule has 2 aromatic carbocycles. The Kier molecular flexibility index (Phi) is 5.38. The van der Waals surface area contributed by atoms with E-state index in [0.717, 1.165) is 80.3 Å². The van der Waals surface area contributed by atoms with E-state index in [2.05, 4.69) is 25.4 Å². The van der Waals surface area contributed by atoms with Gasteiger partial charge in [0.1, 0.15) is 0 Å². The monoisotopic (exact) mass is 421 g/mol. The third-order valence-electron chi connectivity index (χ3n) is 6.10. The number of nitrogens with zero attached hydrogens (tertiary/aromatic N) is 2. The van der Waals surface area contributed by atoms with E-state index in [1.165, 1.54) is 0 Å². The second kappa shape index (κ2) is 8.47. The molecule has 0 unspecified atom stereocenters. The number of aromatic nitrogens is 1. The lowest BCUT2D eigenvalue weighted by atomic mass is 10.1. The molecule has 1 saturated heterocycles. The highest BCUT2D eigenvalue weighted by molar-refractivity contribution is 5.99. The van der Waals surface area contributed by atoms with Crippen LogP contribution in [0.5, 0.6) is 0 Å². The molecule has 0 atom stereocenters. The number of rotatable bonds is 7. The fraction of sp³-hybridized carbons (Fsp3) is 0.391. The van der Waals surface area contributed by atoms with Gasteiger partial charge in [0.05, 0.1) is 17.6 Å². The molecule has 3 N–H and O–H groups in total. The smallest absolute Gasteiger partial charge is 0.406 e. The fourth-order valence-electron chi connectivity index (χ4n) is 4.44. The first-order chi connectivity index (χ1) is 15.2. The van der Waals surface area contributed by atoms with Gasteiger partial charge < -0.3 is 20.0 Å². The predicted molar refractivity (Wildman–Crippen MR) is 122 cm³/mol. The van der Waals surface area contributed by atoms with Crippen molar-refractivity contribution in [2.75, 3.05) is 54.8 Å². The standard InChI is InChI=1S/C23H27N5O3/c29-21-14-16-6-7-17(15-19(16)25-21)24-8-1-2-9-27-10-12-28(13-11-27)20-5-3-4-18-22(20)31-23(30)26-18/h3-7,15,24H,1-2,8-14H2,(H,25,29)(H,26,30). The summed E-state index contributed by atoms with van der Waals surface area (Å²) < 4.78 is 5.34. The van der Waals surface area contributed by atoms with Gasteiger partial charge in [0.2, 0.25) is 5.91 Å². The molecule has 31 heavy (non-hydrogen) atoms. The van der Waals surface area contributed by atoms with Crippen molar-refractivity contribution in [3.63, 3.8) is 0 Å². The Morgan fingerprint density at radius 1 is 1.03 bits per heavy atom. The minimum absolute atomic E-state index is 0.0709. The Hall–Kier alpha value is -3.26. The average Bonchev–Trinajstić information content (AvgIpc) is 3.34. The number of hydrogen-bond acceptors (Lipinski definition) is 6. The van der Waals surface area contributed by atoms with Crippen molar-refractivity contribution in [3.05, 3.63) is 52.5 Å². The molecule has 0 spiro atoms. The van der Waals surface area contributed by atoms with E-state index in [4.69, 9.17) is 4.42 Å². The maximum Gasteiger partial charge on any atom is 0.417 e. The van der Waals surface area contributed by atoms with E-state index in [-0.39, 0.29) is 5.91 Å².